The molecule has 0 bridgehead atoms. The van der Waals surface area contributed by atoms with Crippen LogP contribution >= 0.6 is 22.6 Å². The van der Waals surface area contributed by atoms with Gasteiger partial charge in [-0.15, -0.1) is 0 Å². The second-order valence-electron chi connectivity index (χ2n) is 5.08. The van der Waals surface area contributed by atoms with Crippen LogP contribution in [0.15, 0.2) is 53.7 Å². The Balaban J connectivity index is 1.93. The standard InChI is InChI=1S/C16H15IN2O/c17-14-5-3-4-13(10-14)16(20)18-15-6-1-2-9-19(15)11-12-7-8-12/h1-6,9-10,12H,7-8,11H2. The Labute approximate surface area is 131 Å². The Kier molecular flexibility index (Phi) is 4.00. The monoisotopic (exact) mass is 378 g/mol. The maximum Gasteiger partial charge on any atom is 0.278 e. The van der Waals surface area contributed by atoms with Crippen LogP contribution in [0.3, 0.4) is 0 Å². The SMILES string of the molecule is O=C(N=c1ccccn1CC1CC1)c1cccc(I)c1. The summed E-state index contributed by atoms with van der Waals surface area (Å²) in [5.41, 5.74) is 1.38. The van der Waals surface area contributed by atoms with Gasteiger partial charge in [0.05, 0.1) is 0 Å². The highest BCUT2D eigenvalue weighted by Gasteiger charge is 2.21. The molecule has 102 valence electrons. The minimum atomic E-state index is -0.181. The summed E-state index contributed by atoms with van der Waals surface area (Å²) in [5.74, 6) is 0.573. The second kappa shape index (κ2) is 5.91. The lowest BCUT2D eigenvalue weighted by atomic mass is 10.2. The molecular formula is C16H15IN2O. The lowest BCUT2D eigenvalue weighted by molar-refractivity contribution is 0.0997. The number of halogens is 1. The van der Waals surface area contributed by atoms with Gasteiger partial charge < -0.3 is 4.57 Å². The molecular weight excluding hydrogens is 363 g/mol. The van der Waals surface area contributed by atoms with Crippen molar-refractivity contribution < 1.29 is 4.79 Å². The number of amides is 1. The first-order valence-corrected chi connectivity index (χ1v) is 7.80. The molecule has 1 aromatic carbocycles. The molecule has 2 aromatic rings. The van der Waals surface area contributed by atoms with Crippen LogP contribution in [0.2, 0.25) is 0 Å². The summed E-state index contributed by atoms with van der Waals surface area (Å²) in [6.07, 6.45) is 4.57. The molecule has 1 aliphatic rings. The average Bonchev–Trinajstić information content (AvgIpc) is 3.25. The zero-order valence-electron chi connectivity index (χ0n) is 11.0. The van der Waals surface area contributed by atoms with Crippen molar-refractivity contribution >= 4 is 28.5 Å². The van der Waals surface area contributed by atoms with Crippen LogP contribution in [0.4, 0.5) is 0 Å². The molecule has 1 saturated carbocycles. The maximum atomic E-state index is 12.2. The van der Waals surface area contributed by atoms with Gasteiger partial charge in [-0.25, -0.2) is 0 Å². The van der Waals surface area contributed by atoms with Gasteiger partial charge in [-0.3, -0.25) is 4.79 Å². The number of aromatic nitrogens is 1. The Morgan fingerprint density at radius 2 is 2.10 bits per heavy atom. The van der Waals surface area contributed by atoms with Gasteiger partial charge in [0.1, 0.15) is 5.49 Å². The van der Waals surface area contributed by atoms with E-state index in [0.717, 1.165) is 21.5 Å². The highest BCUT2D eigenvalue weighted by molar-refractivity contribution is 14.1. The zero-order valence-corrected chi connectivity index (χ0v) is 13.2. The summed E-state index contributed by atoms with van der Waals surface area (Å²) in [4.78, 5) is 16.5. The van der Waals surface area contributed by atoms with E-state index in [2.05, 4.69) is 32.2 Å². The van der Waals surface area contributed by atoms with Gasteiger partial charge >= 0.3 is 0 Å². The molecule has 0 radical (unpaired) electrons. The fourth-order valence-corrected chi connectivity index (χ4v) is 2.63. The van der Waals surface area contributed by atoms with E-state index in [0.29, 0.717) is 5.56 Å². The smallest absolute Gasteiger partial charge is 0.278 e. The molecule has 1 heterocycles. The highest BCUT2D eigenvalue weighted by atomic mass is 127. The summed E-state index contributed by atoms with van der Waals surface area (Å²) in [6.45, 7) is 0.958. The largest absolute Gasteiger partial charge is 0.333 e. The Hall–Kier alpha value is -1.43. The summed E-state index contributed by atoms with van der Waals surface area (Å²) in [7, 11) is 0. The number of rotatable bonds is 3. The van der Waals surface area contributed by atoms with Gasteiger partial charge in [-0.2, -0.15) is 4.99 Å². The van der Waals surface area contributed by atoms with Gasteiger partial charge in [0.15, 0.2) is 0 Å². The van der Waals surface area contributed by atoms with E-state index in [4.69, 9.17) is 0 Å². The first-order chi connectivity index (χ1) is 9.72. The molecule has 0 atom stereocenters. The number of hydrogen-bond donors (Lipinski definition) is 0. The van der Waals surface area contributed by atoms with Crippen molar-refractivity contribution in [2.24, 2.45) is 10.9 Å². The third-order valence-corrected chi connectivity index (χ3v) is 4.03. The molecule has 0 unspecified atom stereocenters. The molecule has 0 aliphatic heterocycles. The summed E-state index contributed by atoms with van der Waals surface area (Å²) in [6, 6.07) is 13.3. The van der Waals surface area contributed by atoms with Gasteiger partial charge in [0.25, 0.3) is 5.91 Å². The van der Waals surface area contributed by atoms with Crippen molar-refractivity contribution in [1.82, 2.24) is 4.57 Å². The minimum Gasteiger partial charge on any atom is -0.333 e. The molecule has 1 aromatic heterocycles. The predicted octanol–water partition coefficient (Wildman–Crippen LogP) is 3.24. The van der Waals surface area contributed by atoms with Crippen LogP contribution < -0.4 is 5.49 Å². The average molecular weight is 378 g/mol. The number of pyridine rings is 1. The first kappa shape index (κ1) is 13.5. The quantitative estimate of drug-likeness (QED) is 0.756. The van der Waals surface area contributed by atoms with Crippen LogP contribution in [0.25, 0.3) is 0 Å². The normalized spacial score (nSPS) is 15.3. The number of nitrogens with zero attached hydrogens (tertiary/aromatic N) is 2. The van der Waals surface area contributed by atoms with E-state index < -0.39 is 0 Å². The van der Waals surface area contributed by atoms with Crippen molar-refractivity contribution in [2.45, 2.75) is 19.4 Å². The van der Waals surface area contributed by atoms with E-state index in [1.165, 1.54) is 12.8 Å². The Bertz CT molecular complexity index is 701. The van der Waals surface area contributed by atoms with Crippen molar-refractivity contribution in [2.75, 3.05) is 0 Å². The van der Waals surface area contributed by atoms with Gasteiger partial charge in [-0.1, -0.05) is 12.1 Å². The molecule has 0 spiro atoms. The van der Waals surface area contributed by atoms with E-state index in [-0.39, 0.29) is 5.91 Å². The third-order valence-electron chi connectivity index (χ3n) is 3.36. The zero-order chi connectivity index (χ0) is 13.9. The molecule has 3 rings (SSSR count). The fourth-order valence-electron chi connectivity index (χ4n) is 2.09. The fraction of sp³-hybridized carbons (Fsp3) is 0.250. The summed E-state index contributed by atoms with van der Waals surface area (Å²) >= 11 is 2.20. The molecule has 3 nitrogen and oxygen atoms in total. The highest BCUT2D eigenvalue weighted by Crippen LogP contribution is 2.29. The predicted molar refractivity (Wildman–Crippen MR) is 86.2 cm³/mol. The Morgan fingerprint density at radius 1 is 1.25 bits per heavy atom. The Morgan fingerprint density at radius 3 is 2.85 bits per heavy atom. The summed E-state index contributed by atoms with van der Waals surface area (Å²) in [5, 5.41) is 0. The lowest BCUT2D eigenvalue weighted by Crippen LogP contribution is -2.22. The van der Waals surface area contributed by atoms with Crippen molar-refractivity contribution in [1.29, 1.82) is 0 Å². The second-order valence-corrected chi connectivity index (χ2v) is 6.33. The lowest BCUT2D eigenvalue weighted by Gasteiger charge is -2.05. The molecule has 0 N–H and O–H groups in total. The van der Waals surface area contributed by atoms with Crippen LogP contribution in [0.5, 0.6) is 0 Å². The number of carbonyl (C=O) groups is 1. The number of benzene rings is 1. The minimum absolute atomic E-state index is 0.181. The van der Waals surface area contributed by atoms with Crippen LogP contribution in [0, 0.1) is 9.49 Å². The maximum absolute atomic E-state index is 12.2. The van der Waals surface area contributed by atoms with Crippen molar-refractivity contribution in [3.8, 4) is 0 Å². The molecule has 1 aliphatic carbocycles. The number of carbonyl (C=O) groups excluding carboxylic acids is 1. The van der Waals surface area contributed by atoms with E-state index in [9.17, 15) is 4.79 Å². The van der Waals surface area contributed by atoms with Gasteiger partial charge in [-0.05, 0) is 71.7 Å². The van der Waals surface area contributed by atoms with E-state index >= 15 is 0 Å². The molecule has 20 heavy (non-hydrogen) atoms. The number of hydrogen-bond acceptors (Lipinski definition) is 1. The van der Waals surface area contributed by atoms with Gasteiger partial charge in [0.2, 0.25) is 0 Å². The van der Waals surface area contributed by atoms with E-state index in [1.807, 2.05) is 48.7 Å². The topological polar surface area (TPSA) is 34.4 Å². The van der Waals surface area contributed by atoms with Gasteiger partial charge in [0, 0.05) is 21.9 Å². The molecule has 1 fully saturated rings. The molecule has 4 heteroatoms. The van der Waals surface area contributed by atoms with Crippen LogP contribution in [-0.2, 0) is 6.54 Å². The third kappa shape index (κ3) is 3.36. The molecule has 0 saturated heterocycles. The van der Waals surface area contributed by atoms with Crippen molar-refractivity contribution in [3.05, 3.63) is 63.3 Å². The van der Waals surface area contributed by atoms with E-state index in [1.54, 1.807) is 0 Å². The molecule has 1 amide bonds. The summed E-state index contributed by atoms with van der Waals surface area (Å²) < 4.78 is 3.12. The van der Waals surface area contributed by atoms with Crippen molar-refractivity contribution in [3.63, 3.8) is 0 Å². The van der Waals surface area contributed by atoms with Crippen LogP contribution in [-0.4, -0.2) is 10.5 Å². The first-order valence-electron chi connectivity index (χ1n) is 6.72. The van der Waals surface area contributed by atoms with Crippen LogP contribution in [0.1, 0.15) is 23.2 Å².